The first-order chi connectivity index (χ1) is 8.88. The molecule has 1 N–H and O–H groups in total. The molecule has 0 bridgehead atoms. The van der Waals surface area contributed by atoms with Gasteiger partial charge in [0, 0.05) is 23.4 Å². The maximum atomic E-state index is 5.48. The molecular formula is C15H12N2S. The lowest BCUT2D eigenvalue weighted by Gasteiger charge is -2.09. The van der Waals surface area contributed by atoms with Gasteiger partial charge in [-0.15, -0.1) is 17.8 Å². The van der Waals surface area contributed by atoms with Crippen molar-refractivity contribution in [2.24, 2.45) is 4.99 Å². The summed E-state index contributed by atoms with van der Waals surface area (Å²) in [7, 11) is 0. The van der Waals surface area contributed by atoms with E-state index in [2.05, 4.69) is 27.7 Å². The molecule has 0 spiro atoms. The Hall–Kier alpha value is -2.05. The van der Waals surface area contributed by atoms with Crippen LogP contribution in [0.4, 0.5) is 5.69 Å². The van der Waals surface area contributed by atoms with Crippen LogP contribution in [0.3, 0.4) is 0 Å². The van der Waals surface area contributed by atoms with Crippen molar-refractivity contribution in [3.63, 3.8) is 0 Å². The van der Waals surface area contributed by atoms with Crippen molar-refractivity contribution < 1.29 is 0 Å². The third-order valence-electron chi connectivity index (χ3n) is 2.89. The Balaban J connectivity index is 2.18. The van der Waals surface area contributed by atoms with Crippen molar-refractivity contribution in [3.05, 3.63) is 51.7 Å². The van der Waals surface area contributed by atoms with Crippen LogP contribution >= 0.6 is 11.3 Å². The van der Waals surface area contributed by atoms with Gasteiger partial charge in [0.15, 0.2) is 0 Å². The third-order valence-corrected chi connectivity index (χ3v) is 3.77. The van der Waals surface area contributed by atoms with Gasteiger partial charge in [0.2, 0.25) is 0 Å². The normalized spacial score (nSPS) is 13.8. The minimum absolute atomic E-state index is 0.785. The van der Waals surface area contributed by atoms with E-state index in [9.17, 15) is 0 Å². The summed E-state index contributed by atoms with van der Waals surface area (Å²) in [6, 6.07) is 10.2. The van der Waals surface area contributed by atoms with Gasteiger partial charge in [-0.25, -0.2) is 0 Å². The van der Waals surface area contributed by atoms with Crippen molar-refractivity contribution in [3.8, 4) is 12.3 Å². The van der Waals surface area contributed by atoms with E-state index in [0.717, 1.165) is 35.6 Å². The van der Waals surface area contributed by atoms with Gasteiger partial charge in [-0.05, 0) is 29.6 Å². The lowest BCUT2D eigenvalue weighted by atomic mass is 10.0. The zero-order valence-corrected chi connectivity index (χ0v) is 10.6. The van der Waals surface area contributed by atoms with Crippen molar-refractivity contribution in [1.82, 2.24) is 0 Å². The second kappa shape index (κ2) is 4.67. The van der Waals surface area contributed by atoms with Crippen molar-refractivity contribution in [2.45, 2.75) is 0 Å². The monoisotopic (exact) mass is 252 g/mol. The molecule has 0 saturated heterocycles. The number of nitrogens with one attached hydrogen (secondary N) is 1. The summed E-state index contributed by atoms with van der Waals surface area (Å²) >= 11 is 1.71. The molecule has 1 aromatic heterocycles. The standard InChI is InChI=1S/C15H12N2S/c1-2-11-5-6-13-12(10-11)15(17-8-7-16-13)14-4-3-9-18-14/h1,3-6,9-10,16H,7-8H2. The summed E-state index contributed by atoms with van der Waals surface area (Å²) in [5, 5.41) is 5.46. The van der Waals surface area contributed by atoms with Gasteiger partial charge in [-0.1, -0.05) is 12.0 Å². The predicted molar refractivity (Wildman–Crippen MR) is 77.7 cm³/mol. The van der Waals surface area contributed by atoms with E-state index in [1.165, 1.54) is 4.88 Å². The molecular weight excluding hydrogens is 240 g/mol. The van der Waals surface area contributed by atoms with Gasteiger partial charge in [0.25, 0.3) is 0 Å². The van der Waals surface area contributed by atoms with E-state index in [1.54, 1.807) is 11.3 Å². The molecule has 0 amide bonds. The lowest BCUT2D eigenvalue weighted by molar-refractivity contribution is 1.04. The SMILES string of the molecule is C#Cc1ccc2c(c1)C(c1cccs1)=NCCN2. The first kappa shape index (κ1) is 11.1. The minimum atomic E-state index is 0.785. The Kier molecular flexibility index (Phi) is 2.87. The first-order valence-corrected chi connectivity index (χ1v) is 6.69. The van der Waals surface area contributed by atoms with Crippen LogP contribution in [0.2, 0.25) is 0 Å². The number of hydrogen-bond donors (Lipinski definition) is 1. The first-order valence-electron chi connectivity index (χ1n) is 5.82. The molecule has 3 rings (SSSR count). The molecule has 18 heavy (non-hydrogen) atoms. The maximum absolute atomic E-state index is 5.48. The van der Waals surface area contributed by atoms with E-state index in [-0.39, 0.29) is 0 Å². The molecule has 88 valence electrons. The van der Waals surface area contributed by atoms with Crippen LogP contribution in [0.25, 0.3) is 0 Å². The van der Waals surface area contributed by atoms with Gasteiger partial charge >= 0.3 is 0 Å². The number of fused-ring (bicyclic) bond motifs is 1. The third kappa shape index (κ3) is 1.92. The molecule has 3 heteroatoms. The molecule has 0 radical (unpaired) electrons. The van der Waals surface area contributed by atoms with E-state index in [0.29, 0.717) is 0 Å². The number of anilines is 1. The zero-order chi connectivity index (χ0) is 12.4. The molecule has 0 unspecified atom stereocenters. The van der Waals surface area contributed by atoms with Gasteiger partial charge in [0.05, 0.1) is 17.1 Å². The quantitative estimate of drug-likeness (QED) is 0.775. The Labute approximate surface area is 110 Å². The van der Waals surface area contributed by atoms with E-state index < -0.39 is 0 Å². The van der Waals surface area contributed by atoms with Crippen LogP contribution in [-0.4, -0.2) is 18.8 Å². The highest BCUT2D eigenvalue weighted by Crippen LogP contribution is 2.25. The Morgan fingerprint density at radius 3 is 3.06 bits per heavy atom. The van der Waals surface area contributed by atoms with Crippen LogP contribution in [-0.2, 0) is 0 Å². The Morgan fingerprint density at radius 2 is 2.28 bits per heavy atom. The summed E-state index contributed by atoms with van der Waals surface area (Å²) in [5.41, 5.74) is 4.15. The summed E-state index contributed by atoms with van der Waals surface area (Å²) in [4.78, 5) is 5.87. The number of aliphatic imine (C=N–C) groups is 1. The fourth-order valence-electron chi connectivity index (χ4n) is 2.05. The van der Waals surface area contributed by atoms with Crippen LogP contribution in [0, 0.1) is 12.3 Å². The molecule has 2 nitrogen and oxygen atoms in total. The van der Waals surface area contributed by atoms with Crippen molar-refractivity contribution >= 4 is 22.7 Å². The molecule has 2 aromatic rings. The molecule has 1 aliphatic heterocycles. The average Bonchev–Trinajstić information content (AvgIpc) is 2.85. The van der Waals surface area contributed by atoms with Gasteiger partial charge in [-0.3, -0.25) is 4.99 Å². The minimum Gasteiger partial charge on any atom is -0.383 e. The number of benzene rings is 1. The molecule has 2 heterocycles. The van der Waals surface area contributed by atoms with Crippen LogP contribution in [0.15, 0.2) is 40.7 Å². The highest BCUT2D eigenvalue weighted by molar-refractivity contribution is 7.12. The second-order valence-electron chi connectivity index (χ2n) is 4.04. The Morgan fingerprint density at radius 1 is 1.33 bits per heavy atom. The average molecular weight is 252 g/mol. The molecule has 1 aliphatic rings. The molecule has 0 saturated carbocycles. The second-order valence-corrected chi connectivity index (χ2v) is 4.99. The van der Waals surface area contributed by atoms with Gasteiger partial charge < -0.3 is 5.32 Å². The number of hydrogen-bond acceptors (Lipinski definition) is 3. The number of rotatable bonds is 1. The zero-order valence-electron chi connectivity index (χ0n) is 9.81. The van der Waals surface area contributed by atoms with E-state index >= 15 is 0 Å². The maximum Gasteiger partial charge on any atom is 0.0840 e. The summed E-state index contributed by atoms with van der Waals surface area (Å²) in [5.74, 6) is 2.68. The molecule has 1 aromatic carbocycles. The lowest BCUT2D eigenvalue weighted by Crippen LogP contribution is -2.04. The fraction of sp³-hybridized carbons (Fsp3) is 0.133. The topological polar surface area (TPSA) is 24.4 Å². The van der Waals surface area contributed by atoms with E-state index in [1.807, 2.05) is 24.3 Å². The summed E-state index contributed by atoms with van der Waals surface area (Å²) in [6.07, 6.45) is 5.48. The van der Waals surface area contributed by atoms with Crippen LogP contribution in [0.5, 0.6) is 0 Å². The molecule has 0 aliphatic carbocycles. The highest BCUT2D eigenvalue weighted by atomic mass is 32.1. The number of thiophene rings is 1. The smallest absolute Gasteiger partial charge is 0.0840 e. The molecule has 0 atom stereocenters. The fourth-order valence-corrected chi connectivity index (χ4v) is 2.80. The van der Waals surface area contributed by atoms with Gasteiger partial charge in [-0.2, -0.15) is 0 Å². The number of terminal acetylenes is 1. The van der Waals surface area contributed by atoms with Crippen LogP contribution < -0.4 is 5.32 Å². The largest absolute Gasteiger partial charge is 0.383 e. The number of nitrogens with zero attached hydrogens (tertiary/aromatic N) is 1. The molecule has 0 fully saturated rings. The van der Waals surface area contributed by atoms with Crippen LogP contribution in [0.1, 0.15) is 16.0 Å². The van der Waals surface area contributed by atoms with Crippen molar-refractivity contribution in [1.29, 1.82) is 0 Å². The van der Waals surface area contributed by atoms with Crippen molar-refractivity contribution in [2.75, 3.05) is 18.4 Å². The highest BCUT2D eigenvalue weighted by Gasteiger charge is 2.15. The predicted octanol–water partition coefficient (Wildman–Crippen LogP) is 2.99. The van der Waals surface area contributed by atoms with E-state index in [4.69, 9.17) is 6.42 Å². The number of benzodiazepines with no additional fused rings is 1. The summed E-state index contributed by atoms with van der Waals surface area (Å²) < 4.78 is 0. The summed E-state index contributed by atoms with van der Waals surface area (Å²) in [6.45, 7) is 1.64. The Bertz CT molecular complexity index is 633. The van der Waals surface area contributed by atoms with Gasteiger partial charge in [0.1, 0.15) is 0 Å².